The van der Waals surface area contributed by atoms with Crippen LogP contribution in [0.4, 0.5) is 0 Å². The van der Waals surface area contributed by atoms with E-state index in [2.05, 4.69) is 88.7 Å². The molecule has 4 rings (SSSR count). The van der Waals surface area contributed by atoms with Gasteiger partial charge in [-0.2, -0.15) is 0 Å². The summed E-state index contributed by atoms with van der Waals surface area (Å²) in [6, 6.07) is 16.7. The molecule has 0 amide bonds. The molecule has 9 heteroatoms. The lowest BCUT2D eigenvalue weighted by molar-refractivity contribution is 0.00910. The van der Waals surface area contributed by atoms with E-state index in [4.69, 9.17) is 21.7 Å². The molecule has 2 aromatic rings. The first-order valence-corrected chi connectivity index (χ1v) is 12.8. The number of thiocarbonyl (C=S) groups is 1. The zero-order valence-corrected chi connectivity index (χ0v) is 21.8. The number of ether oxygens (including phenoxy) is 2. The summed E-state index contributed by atoms with van der Waals surface area (Å²) in [6.45, 7) is 6.30. The summed E-state index contributed by atoms with van der Waals surface area (Å²) >= 11 is 13.1. The van der Waals surface area contributed by atoms with Gasteiger partial charge >= 0.3 is 0 Å². The average Bonchev–Trinajstić information content (AvgIpc) is 2.82. The highest BCUT2D eigenvalue weighted by Crippen LogP contribution is 2.25. The molecule has 32 heavy (non-hydrogen) atoms. The lowest BCUT2D eigenvalue weighted by atomic mass is 10.1. The van der Waals surface area contributed by atoms with Gasteiger partial charge < -0.3 is 20.1 Å². The maximum absolute atomic E-state index is 5.85. The van der Waals surface area contributed by atoms with Crippen LogP contribution in [0.3, 0.4) is 0 Å². The largest absolute Gasteiger partial charge is 0.379 e. The second kappa shape index (κ2) is 11.9. The van der Waals surface area contributed by atoms with Crippen LogP contribution in [-0.2, 0) is 9.47 Å². The minimum atomic E-state index is -0.0377. The first-order chi connectivity index (χ1) is 15.6. The van der Waals surface area contributed by atoms with Gasteiger partial charge in [-0.15, -0.1) is 0 Å². The van der Waals surface area contributed by atoms with Gasteiger partial charge in [0.2, 0.25) is 0 Å². The summed E-state index contributed by atoms with van der Waals surface area (Å²) in [7, 11) is 0. The fourth-order valence-corrected chi connectivity index (χ4v) is 5.14. The fourth-order valence-electron chi connectivity index (χ4n) is 4.09. The van der Waals surface area contributed by atoms with Crippen LogP contribution < -0.4 is 10.6 Å². The highest BCUT2D eigenvalue weighted by Gasteiger charge is 2.27. The molecular weight excluding hydrogens is 556 g/mol. The minimum absolute atomic E-state index is 0.0377. The molecule has 2 aliphatic heterocycles. The van der Waals surface area contributed by atoms with Crippen molar-refractivity contribution in [2.45, 2.75) is 12.3 Å². The third-order valence-corrected chi connectivity index (χ3v) is 6.91. The molecule has 0 bridgehead atoms. The zero-order valence-electron chi connectivity index (χ0n) is 17.8. The van der Waals surface area contributed by atoms with Crippen LogP contribution in [0, 0.1) is 0 Å². The van der Waals surface area contributed by atoms with Crippen molar-refractivity contribution in [3.63, 3.8) is 0 Å². The first kappa shape index (κ1) is 24.1. The second-order valence-electron chi connectivity index (χ2n) is 7.83. The summed E-state index contributed by atoms with van der Waals surface area (Å²) in [4.78, 5) is 4.75. The second-order valence-corrected chi connectivity index (χ2v) is 10.1. The predicted octanol–water partition coefficient (Wildman–Crippen LogP) is 4.04. The van der Waals surface area contributed by atoms with Crippen LogP contribution >= 0.6 is 44.1 Å². The van der Waals surface area contributed by atoms with Gasteiger partial charge in [-0.05, 0) is 47.6 Å². The molecule has 0 aliphatic carbocycles. The highest BCUT2D eigenvalue weighted by atomic mass is 79.9. The number of nitrogens with one attached hydrogen (secondary N) is 2. The Labute approximate surface area is 211 Å². The molecule has 172 valence electrons. The van der Waals surface area contributed by atoms with Gasteiger partial charge in [0.15, 0.2) is 5.11 Å². The third-order valence-electron chi connectivity index (χ3n) is 5.69. The summed E-state index contributed by atoms with van der Waals surface area (Å²) in [5, 5.41) is 7.79. The number of morpholine rings is 2. The van der Waals surface area contributed by atoms with E-state index in [-0.39, 0.29) is 12.3 Å². The number of rotatable bonds is 6. The van der Waals surface area contributed by atoms with E-state index in [1.165, 1.54) is 0 Å². The van der Waals surface area contributed by atoms with Crippen LogP contribution in [0.25, 0.3) is 0 Å². The molecular formula is C23H28Br2N4O2S. The molecule has 6 nitrogen and oxygen atoms in total. The predicted molar refractivity (Wildman–Crippen MR) is 137 cm³/mol. The van der Waals surface area contributed by atoms with Crippen LogP contribution in [0.5, 0.6) is 0 Å². The Bertz CT molecular complexity index is 836. The van der Waals surface area contributed by atoms with Gasteiger partial charge in [0, 0.05) is 35.1 Å². The Morgan fingerprint density at radius 3 is 1.53 bits per heavy atom. The fraction of sp³-hybridized carbons (Fsp3) is 0.435. The van der Waals surface area contributed by atoms with Crippen LogP contribution in [-0.4, -0.2) is 67.5 Å². The van der Waals surface area contributed by atoms with Gasteiger partial charge in [-0.1, -0.05) is 56.1 Å². The monoisotopic (exact) mass is 582 g/mol. The number of hydrogen-bond donors (Lipinski definition) is 2. The van der Waals surface area contributed by atoms with Crippen LogP contribution in [0.15, 0.2) is 57.5 Å². The van der Waals surface area contributed by atoms with Gasteiger partial charge in [-0.25, -0.2) is 0 Å². The molecule has 2 aliphatic rings. The number of nitrogens with zero attached hydrogens (tertiary/aromatic N) is 2. The van der Waals surface area contributed by atoms with E-state index < -0.39 is 0 Å². The Kier molecular flexibility index (Phi) is 8.93. The van der Waals surface area contributed by atoms with Gasteiger partial charge in [0.1, 0.15) is 12.3 Å². The Morgan fingerprint density at radius 2 is 1.16 bits per heavy atom. The summed E-state index contributed by atoms with van der Waals surface area (Å²) in [5.41, 5.74) is 2.33. The molecule has 2 heterocycles. The third kappa shape index (κ3) is 6.50. The molecule has 0 radical (unpaired) electrons. The number of benzene rings is 2. The summed E-state index contributed by atoms with van der Waals surface area (Å²) < 4.78 is 13.3. The van der Waals surface area contributed by atoms with E-state index >= 15 is 0 Å². The Hall–Kier alpha value is -1.07. The SMILES string of the molecule is S=C(NC(c1cccc(Br)c1)N1CCOCC1)NC(c1cccc(Br)c1)N1CCOCC1. The van der Waals surface area contributed by atoms with Crippen LogP contribution in [0.2, 0.25) is 0 Å². The van der Waals surface area contributed by atoms with E-state index in [0.717, 1.165) is 72.7 Å². The molecule has 2 N–H and O–H groups in total. The van der Waals surface area contributed by atoms with E-state index in [0.29, 0.717) is 5.11 Å². The van der Waals surface area contributed by atoms with Crippen molar-refractivity contribution >= 4 is 49.2 Å². The molecule has 2 unspecified atom stereocenters. The number of hydrogen-bond acceptors (Lipinski definition) is 5. The van der Waals surface area contributed by atoms with Crippen molar-refractivity contribution in [2.75, 3.05) is 52.6 Å². The maximum Gasteiger partial charge on any atom is 0.169 e. The maximum atomic E-state index is 5.85. The van der Waals surface area contributed by atoms with Crippen molar-refractivity contribution in [1.82, 2.24) is 20.4 Å². The lowest BCUT2D eigenvalue weighted by Gasteiger charge is -2.38. The van der Waals surface area contributed by atoms with E-state index in [9.17, 15) is 0 Å². The Balaban J connectivity index is 1.54. The Morgan fingerprint density at radius 1 is 0.750 bits per heavy atom. The summed E-state index contributed by atoms with van der Waals surface area (Å²) in [5.74, 6) is 0. The molecule has 2 atom stereocenters. The quantitative estimate of drug-likeness (QED) is 0.498. The van der Waals surface area contributed by atoms with Gasteiger partial charge in [0.05, 0.1) is 26.4 Å². The van der Waals surface area contributed by atoms with E-state index in [1.54, 1.807) is 0 Å². The normalized spacial score (nSPS) is 19.8. The standard InChI is InChI=1S/C23H28Br2N4O2S/c24-19-5-1-3-17(15-19)21(28-7-11-30-12-8-28)26-23(32)27-22(29-9-13-31-14-10-29)18-4-2-6-20(25)16-18/h1-6,15-16,21-22H,7-14H2,(H2,26,27,32). The highest BCUT2D eigenvalue weighted by molar-refractivity contribution is 9.10. The minimum Gasteiger partial charge on any atom is -0.379 e. The molecule has 0 spiro atoms. The molecule has 2 aromatic carbocycles. The smallest absolute Gasteiger partial charge is 0.169 e. The van der Waals surface area contributed by atoms with Gasteiger partial charge in [-0.3, -0.25) is 9.80 Å². The van der Waals surface area contributed by atoms with Crippen molar-refractivity contribution in [1.29, 1.82) is 0 Å². The zero-order chi connectivity index (χ0) is 22.3. The average molecular weight is 584 g/mol. The van der Waals surface area contributed by atoms with Crippen molar-refractivity contribution in [3.8, 4) is 0 Å². The molecule has 2 saturated heterocycles. The van der Waals surface area contributed by atoms with Crippen molar-refractivity contribution in [3.05, 3.63) is 68.6 Å². The van der Waals surface area contributed by atoms with Crippen molar-refractivity contribution in [2.24, 2.45) is 0 Å². The number of halogens is 2. The van der Waals surface area contributed by atoms with Gasteiger partial charge in [0.25, 0.3) is 0 Å². The van der Waals surface area contributed by atoms with Crippen molar-refractivity contribution < 1.29 is 9.47 Å². The lowest BCUT2D eigenvalue weighted by Crippen LogP contribution is -2.52. The topological polar surface area (TPSA) is 49.0 Å². The van der Waals surface area contributed by atoms with Crippen LogP contribution in [0.1, 0.15) is 23.5 Å². The first-order valence-electron chi connectivity index (χ1n) is 10.8. The summed E-state index contributed by atoms with van der Waals surface area (Å²) in [6.07, 6.45) is -0.0755. The van der Waals surface area contributed by atoms with E-state index in [1.807, 2.05) is 12.1 Å². The molecule has 0 aromatic heterocycles. The molecule has 2 fully saturated rings. The molecule has 0 saturated carbocycles.